The summed E-state index contributed by atoms with van der Waals surface area (Å²) in [5.74, 6) is -0.734. The highest BCUT2D eigenvalue weighted by Gasteiger charge is 2.32. The van der Waals surface area contributed by atoms with Crippen molar-refractivity contribution in [1.29, 1.82) is 0 Å². The molecule has 2 N–H and O–H groups in total. The van der Waals surface area contributed by atoms with Gasteiger partial charge in [-0.3, -0.25) is 9.59 Å². The molecule has 0 aromatic heterocycles. The summed E-state index contributed by atoms with van der Waals surface area (Å²) in [6, 6.07) is 15.3. The van der Waals surface area contributed by atoms with Gasteiger partial charge >= 0.3 is 0 Å². The molecular formula is C23H29N3O4S. The van der Waals surface area contributed by atoms with Crippen LogP contribution in [0, 0.1) is 5.92 Å². The smallest absolute Gasteiger partial charge is 0.253 e. The van der Waals surface area contributed by atoms with Crippen LogP contribution in [0.3, 0.4) is 0 Å². The third-order valence-electron chi connectivity index (χ3n) is 5.63. The molecule has 1 heterocycles. The summed E-state index contributed by atoms with van der Waals surface area (Å²) in [7, 11) is -3.55. The number of sulfonamides is 1. The highest BCUT2D eigenvalue weighted by atomic mass is 32.2. The van der Waals surface area contributed by atoms with Gasteiger partial charge in [0.05, 0.1) is 16.1 Å². The molecule has 7 nitrogen and oxygen atoms in total. The second-order valence-electron chi connectivity index (χ2n) is 7.81. The highest BCUT2D eigenvalue weighted by Crippen LogP contribution is 2.25. The molecular weight excluding hydrogens is 414 g/mol. The third-order valence-corrected chi connectivity index (χ3v) is 7.54. The standard InChI is InChI=1S/C23H29N3O4S/c1-3-17(2)24-23(28)20-11-7-8-12-21(20)25-22(27)18-13-15-26(16-14-18)31(29,30)19-9-5-4-6-10-19/h4-12,17-18H,3,13-16H2,1-2H3,(H,24,28)(H,25,27). The van der Waals surface area contributed by atoms with E-state index in [9.17, 15) is 18.0 Å². The van der Waals surface area contributed by atoms with Gasteiger partial charge in [-0.25, -0.2) is 8.42 Å². The Kier molecular flexibility index (Phi) is 7.46. The van der Waals surface area contributed by atoms with Gasteiger partial charge in [-0.15, -0.1) is 0 Å². The van der Waals surface area contributed by atoms with Crippen LogP contribution < -0.4 is 10.6 Å². The van der Waals surface area contributed by atoms with Crippen molar-refractivity contribution in [2.75, 3.05) is 18.4 Å². The van der Waals surface area contributed by atoms with Gasteiger partial charge in [0.1, 0.15) is 0 Å². The number of amides is 2. The highest BCUT2D eigenvalue weighted by molar-refractivity contribution is 7.89. The zero-order chi connectivity index (χ0) is 22.4. The quantitative estimate of drug-likeness (QED) is 0.687. The van der Waals surface area contributed by atoms with Crippen molar-refractivity contribution >= 4 is 27.5 Å². The molecule has 0 spiro atoms. The minimum absolute atomic E-state index is 0.0344. The van der Waals surface area contributed by atoms with E-state index >= 15 is 0 Å². The van der Waals surface area contributed by atoms with Gasteiger partial charge in [0.25, 0.3) is 5.91 Å². The lowest BCUT2D eigenvalue weighted by Crippen LogP contribution is -2.41. The molecule has 1 atom stereocenters. The monoisotopic (exact) mass is 443 g/mol. The van der Waals surface area contributed by atoms with Crippen LogP contribution in [0.5, 0.6) is 0 Å². The maximum Gasteiger partial charge on any atom is 0.253 e. The number of para-hydroxylation sites is 1. The number of anilines is 1. The first kappa shape index (κ1) is 23.0. The fourth-order valence-electron chi connectivity index (χ4n) is 3.53. The van der Waals surface area contributed by atoms with E-state index in [1.807, 2.05) is 13.8 Å². The Morgan fingerprint density at radius 3 is 2.29 bits per heavy atom. The molecule has 0 aliphatic carbocycles. The molecule has 2 aromatic rings. The lowest BCUT2D eigenvalue weighted by molar-refractivity contribution is -0.120. The number of piperidine rings is 1. The van der Waals surface area contributed by atoms with E-state index < -0.39 is 10.0 Å². The van der Waals surface area contributed by atoms with E-state index in [-0.39, 0.29) is 41.8 Å². The fraction of sp³-hybridized carbons (Fsp3) is 0.391. The first-order valence-electron chi connectivity index (χ1n) is 10.6. The molecule has 3 rings (SSSR count). The van der Waals surface area contributed by atoms with Crippen LogP contribution in [0.15, 0.2) is 59.5 Å². The number of hydrogen-bond acceptors (Lipinski definition) is 4. The van der Waals surface area contributed by atoms with Gasteiger partial charge in [-0.1, -0.05) is 37.3 Å². The molecule has 0 saturated carbocycles. The second-order valence-corrected chi connectivity index (χ2v) is 9.75. The zero-order valence-electron chi connectivity index (χ0n) is 17.9. The van der Waals surface area contributed by atoms with Crippen LogP contribution in [0.25, 0.3) is 0 Å². The molecule has 2 amide bonds. The molecule has 1 fully saturated rings. The van der Waals surface area contributed by atoms with E-state index in [0.29, 0.717) is 24.1 Å². The predicted octanol–water partition coefficient (Wildman–Crippen LogP) is 3.25. The Labute approximate surface area is 183 Å². The first-order valence-corrected chi connectivity index (χ1v) is 12.0. The third kappa shape index (κ3) is 5.51. The summed E-state index contributed by atoms with van der Waals surface area (Å²) >= 11 is 0. The number of carbonyl (C=O) groups is 2. The van der Waals surface area contributed by atoms with E-state index in [4.69, 9.17) is 0 Å². The molecule has 0 bridgehead atoms. The topological polar surface area (TPSA) is 95.6 Å². The van der Waals surface area contributed by atoms with E-state index in [1.54, 1.807) is 54.6 Å². The molecule has 31 heavy (non-hydrogen) atoms. The van der Waals surface area contributed by atoms with Crippen molar-refractivity contribution < 1.29 is 18.0 Å². The van der Waals surface area contributed by atoms with E-state index in [2.05, 4.69) is 10.6 Å². The SMILES string of the molecule is CCC(C)NC(=O)c1ccccc1NC(=O)C1CCN(S(=O)(=O)c2ccccc2)CC1. The fourth-order valence-corrected chi connectivity index (χ4v) is 5.02. The molecule has 2 aromatic carbocycles. The molecule has 1 aliphatic heterocycles. The first-order chi connectivity index (χ1) is 14.8. The average molecular weight is 444 g/mol. The summed E-state index contributed by atoms with van der Waals surface area (Å²) in [5, 5.41) is 5.78. The average Bonchev–Trinajstić information content (AvgIpc) is 2.80. The Morgan fingerprint density at radius 1 is 1.03 bits per heavy atom. The zero-order valence-corrected chi connectivity index (χ0v) is 18.7. The van der Waals surface area contributed by atoms with Crippen molar-refractivity contribution in [3.8, 4) is 0 Å². The number of hydrogen-bond donors (Lipinski definition) is 2. The maximum atomic E-state index is 12.8. The number of rotatable bonds is 7. The molecule has 8 heteroatoms. The minimum Gasteiger partial charge on any atom is -0.350 e. The van der Waals surface area contributed by atoms with Crippen molar-refractivity contribution in [3.63, 3.8) is 0 Å². The van der Waals surface area contributed by atoms with Crippen LogP contribution in [0.1, 0.15) is 43.5 Å². The van der Waals surface area contributed by atoms with Crippen LogP contribution in [0.4, 0.5) is 5.69 Å². The van der Waals surface area contributed by atoms with E-state index in [0.717, 1.165) is 6.42 Å². The summed E-state index contributed by atoms with van der Waals surface area (Å²) in [5.41, 5.74) is 0.882. The maximum absolute atomic E-state index is 12.8. The van der Waals surface area contributed by atoms with Crippen LogP contribution >= 0.6 is 0 Å². The van der Waals surface area contributed by atoms with Crippen LogP contribution in [0.2, 0.25) is 0 Å². The largest absolute Gasteiger partial charge is 0.350 e. The molecule has 1 saturated heterocycles. The Bertz CT molecular complexity index is 1020. The van der Waals surface area contributed by atoms with Gasteiger partial charge in [0.15, 0.2) is 0 Å². The lowest BCUT2D eigenvalue weighted by Gasteiger charge is -2.30. The van der Waals surface area contributed by atoms with Gasteiger partial charge in [-0.05, 0) is 50.5 Å². The van der Waals surface area contributed by atoms with Crippen molar-refractivity contribution in [2.45, 2.75) is 44.0 Å². The van der Waals surface area contributed by atoms with Gasteiger partial charge in [-0.2, -0.15) is 4.31 Å². The van der Waals surface area contributed by atoms with Gasteiger partial charge in [0, 0.05) is 25.0 Å². The number of benzene rings is 2. The van der Waals surface area contributed by atoms with Crippen molar-refractivity contribution in [2.24, 2.45) is 5.92 Å². The predicted molar refractivity (Wildman–Crippen MR) is 120 cm³/mol. The number of nitrogens with zero attached hydrogens (tertiary/aromatic N) is 1. The Hall–Kier alpha value is -2.71. The van der Waals surface area contributed by atoms with Gasteiger partial charge < -0.3 is 10.6 Å². The minimum atomic E-state index is -3.55. The summed E-state index contributed by atoms with van der Waals surface area (Å²) in [4.78, 5) is 25.6. The Morgan fingerprint density at radius 2 is 1.65 bits per heavy atom. The molecule has 1 aliphatic rings. The number of nitrogens with one attached hydrogen (secondary N) is 2. The summed E-state index contributed by atoms with van der Waals surface area (Å²) in [6.07, 6.45) is 1.67. The summed E-state index contributed by atoms with van der Waals surface area (Å²) in [6.45, 7) is 4.48. The lowest BCUT2D eigenvalue weighted by atomic mass is 9.97. The molecule has 0 radical (unpaired) electrons. The molecule has 1 unspecified atom stereocenters. The van der Waals surface area contributed by atoms with Crippen LogP contribution in [-0.2, 0) is 14.8 Å². The van der Waals surface area contributed by atoms with E-state index in [1.165, 1.54) is 4.31 Å². The number of carbonyl (C=O) groups excluding carboxylic acids is 2. The molecule has 166 valence electrons. The normalized spacial score (nSPS) is 16.5. The van der Waals surface area contributed by atoms with Crippen molar-refractivity contribution in [3.05, 3.63) is 60.2 Å². The van der Waals surface area contributed by atoms with Crippen LogP contribution in [-0.4, -0.2) is 43.7 Å². The van der Waals surface area contributed by atoms with Gasteiger partial charge in [0.2, 0.25) is 15.9 Å². The van der Waals surface area contributed by atoms with Crippen molar-refractivity contribution in [1.82, 2.24) is 9.62 Å². The summed E-state index contributed by atoms with van der Waals surface area (Å²) < 4.78 is 27.0. The Balaban J connectivity index is 1.63. The second kappa shape index (κ2) is 10.1.